The van der Waals surface area contributed by atoms with Crippen LogP contribution >= 0.6 is 7.92 Å². The van der Waals surface area contributed by atoms with Crippen molar-refractivity contribution < 1.29 is 5.11 Å². The quantitative estimate of drug-likeness (QED) is 0.677. The van der Waals surface area contributed by atoms with Gasteiger partial charge >= 0.3 is 0 Å². The molecule has 0 amide bonds. The summed E-state index contributed by atoms with van der Waals surface area (Å²) in [6, 6.07) is 10.4. The summed E-state index contributed by atoms with van der Waals surface area (Å²) < 4.78 is 0. The van der Waals surface area contributed by atoms with Crippen LogP contribution < -0.4 is 5.30 Å². The van der Waals surface area contributed by atoms with Crippen molar-refractivity contribution in [3.63, 3.8) is 0 Å². The number of aliphatic hydroxyl groups is 1. The molecule has 0 heterocycles. The van der Waals surface area contributed by atoms with Gasteiger partial charge in [0.15, 0.2) is 0 Å². The smallest absolute Gasteiger partial charge is 0.0473 e. The van der Waals surface area contributed by atoms with Gasteiger partial charge in [-0.15, -0.1) is 0 Å². The van der Waals surface area contributed by atoms with E-state index in [9.17, 15) is 0 Å². The summed E-state index contributed by atoms with van der Waals surface area (Å²) in [5, 5.41) is 10.1. The van der Waals surface area contributed by atoms with Crippen molar-refractivity contribution in [3.8, 4) is 0 Å². The average molecular weight is 168 g/mol. The second-order valence-electron chi connectivity index (χ2n) is 2.48. The van der Waals surface area contributed by atoms with Gasteiger partial charge in [0.05, 0.1) is 0 Å². The van der Waals surface area contributed by atoms with Crippen LogP contribution in [0, 0.1) is 0 Å². The minimum Gasteiger partial charge on any atom is -0.396 e. The molecule has 1 aromatic rings. The van der Waals surface area contributed by atoms with Crippen LogP contribution in [-0.2, 0) is 0 Å². The SMILES string of the molecule is C[P@@](CCO)c1ccccc1. The number of hydrogen-bond donors (Lipinski definition) is 1. The fraction of sp³-hybridized carbons (Fsp3) is 0.333. The molecule has 0 radical (unpaired) electrons. The van der Waals surface area contributed by atoms with Crippen LogP contribution in [0.25, 0.3) is 0 Å². The Morgan fingerprint density at radius 1 is 1.27 bits per heavy atom. The zero-order valence-electron chi connectivity index (χ0n) is 6.70. The number of aliphatic hydroxyl groups excluding tert-OH is 1. The van der Waals surface area contributed by atoms with Gasteiger partial charge in [0, 0.05) is 6.61 Å². The predicted octanol–water partition coefficient (Wildman–Crippen LogP) is 1.42. The van der Waals surface area contributed by atoms with E-state index in [4.69, 9.17) is 5.11 Å². The molecule has 0 aliphatic carbocycles. The van der Waals surface area contributed by atoms with Crippen molar-refractivity contribution in [1.82, 2.24) is 0 Å². The Labute approximate surface area is 68.8 Å². The van der Waals surface area contributed by atoms with Crippen LogP contribution in [0.5, 0.6) is 0 Å². The Balaban J connectivity index is 2.61. The van der Waals surface area contributed by atoms with Gasteiger partial charge in [-0.3, -0.25) is 0 Å². The van der Waals surface area contributed by atoms with Crippen LogP contribution in [0.2, 0.25) is 0 Å². The lowest BCUT2D eigenvalue weighted by atomic mass is 10.4. The standard InChI is InChI=1S/C9H13OP/c1-11(8-7-10)9-5-3-2-4-6-9/h2-6,10H,7-8H2,1H3/t11-/m0/s1. The van der Waals surface area contributed by atoms with Gasteiger partial charge in [-0.25, -0.2) is 0 Å². The Hall–Kier alpha value is -0.390. The van der Waals surface area contributed by atoms with Gasteiger partial charge < -0.3 is 5.11 Å². The highest BCUT2D eigenvalue weighted by Crippen LogP contribution is 2.27. The van der Waals surface area contributed by atoms with E-state index in [0.29, 0.717) is 6.61 Å². The summed E-state index contributed by atoms with van der Waals surface area (Å²) in [5.74, 6) is 0. The summed E-state index contributed by atoms with van der Waals surface area (Å²) in [6.07, 6.45) is 0.916. The summed E-state index contributed by atoms with van der Waals surface area (Å²) in [7, 11) is -0.126. The maximum Gasteiger partial charge on any atom is 0.0473 e. The normalized spacial score (nSPS) is 12.9. The molecule has 0 fully saturated rings. The Kier molecular flexibility index (Phi) is 3.55. The third-order valence-corrected chi connectivity index (χ3v) is 3.68. The molecule has 0 spiro atoms. The summed E-state index contributed by atoms with van der Waals surface area (Å²) >= 11 is 0. The minimum absolute atomic E-state index is 0.126. The highest BCUT2D eigenvalue weighted by atomic mass is 31.1. The lowest BCUT2D eigenvalue weighted by Crippen LogP contribution is -2.03. The highest BCUT2D eigenvalue weighted by molar-refractivity contribution is 7.64. The van der Waals surface area contributed by atoms with E-state index in [1.165, 1.54) is 5.30 Å². The van der Waals surface area contributed by atoms with Crippen LogP contribution in [0.3, 0.4) is 0 Å². The molecule has 0 aromatic heterocycles. The van der Waals surface area contributed by atoms with Gasteiger partial charge in [0.25, 0.3) is 0 Å². The third-order valence-electron chi connectivity index (χ3n) is 1.63. The van der Waals surface area contributed by atoms with E-state index in [1.807, 2.05) is 18.2 Å². The molecule has 0 aliphatic rings. The second kappa shape index (κ2) is 4.48. The molecule has 1 N–H and O–H groups in total. The van der Waals surface area contributed by atoms with E-state index in [2.05, 4.69) is 18.8 Å². The first-order chi connectivity index (χ1) is 5.34. The fourth-order valence-corrected chi connectivity index (χ4v) is 2.20. The third kappa shape index (κ3) is 2.61. The monoisotopic (exact) mass is 168 g/mol. The zero-order valence-corrected chi connectivity index (χ0v) is 7.59. The molecule has 0 unspecified atom stereocenters. The van der Waals surface area contributed by atoms with Crippen molar-refractivity contribution in [3.05, 3.63) is 30.3 Å². The Bertz CT molecular complexity index is 198. The van der Waals surface area contributed by atoms with Crippen molar-refractivity contribution in [1.29, 1.82) is 0 Å². The summed E-state index contributed by atoms with van der Waals surface area (Å²) in [5.41, 5.74) is 0. The van der Waals surface area contributed by atoms with Gasteiger partial charge in [-0.2, -0.15) is 0 Å². The Morgan fingerprint density at radius 3 is 2.45 bits per heavy atom. The first-order valence-electron chi connectivity index (χ1n) is 3.71. The van der Waals surface area contributed by atoms with Gasteiger partial charge in [0.2, 0.25) is 0 Å². The van der Waals surface area contributed by atoms with E-state index in [0.717, 1.165) is 6.16 Å². The van der Waals surface area contributed by atoms with Gasteiger partial charge in [-0.1, -0.05) is 38.3 Å². The van der Waals surface area contributed by atoms with E-state index < -0.39 is 0 Å². The average Bonchev–Trinajstić information content (AvgIpc) is 2.07. The molecule has 0 saturated carbocycles. The molecule has 2 heteroatoms. The summed E-state index contributed by atoms with van der Waals surface area (Å²) in [4.78, 5) is 0. The van der Waals surface area contributed by atoms with Crippen LogP contribution in [0.15, 0.2) is 30.3 Å². The van der Waals surface area contributed by atoms with Crippen LogP contribution in [0.1, 0.15) is 0 Å². The maximum atomic E-state index is 8.71. The second-order valence-corrected chi connectivity index (χ2v) is 4.84. The van der Waals surface area contributed by atoms with Crippen molar-refractivity contribution in [2.75, 3.05) is 19.4 Å². The molecule has 0 bridgehead atoms. The molecular weight excluding hydrogens is 155 g/mol. The molecule has 1 atom stereocenters. The fourth-order valence-electron chi connectivity index (χ4n) is 0.962. The topological polar surface area (TPSA) is 20.2 Å². The number of benzene rings is 1. The predicted molar refractivity (Wildman–Crippen MR) is 50.9 cm³/mol. The van der Waals surface area contributed by atoms with E-state index in [1.54, 1.807) is 0 Å². The van der Waals surface area contributed by atoms with E-state index in [-0.39, 0.29) is 7.92 Å². The first-order valence-corrected chi connectivity index (χ1v) is 5.69. The van der Waals surface area contributed by atoms with E-state index >= 15 is 0 Å². The lowest BCUT2D eigenvalue weighted by molar-refractivity contribution is 0.322. The van der Waals surface area contributed by atoms with Gasteiger partial charge in [0.1, 0.15) is 0 Å². The largest absolute Gasteiger partial charge is 0.396 e. The first kappa shape index (κ1) is 8.70. The highest BCUT2D eigenvalue weighted by Gasteiger charge is 2.00. The Morgan fingerprint density at radius 2 is 1.91 bits per heavy atom. The molecule has 11 heavy (non-hydrogen) atoms. The molecule has 0 saturated heterocycles. The summed E-state index contributed by atoms with van der Waals surface area (Å²) in [6.45, 7) is 2.50. The molecule has 0 aliphatic heterocycles. The minimum atomic E-state index is -0.126. The van der Waals surface area contributed by atoms with Crippen molar-refractivity contribution >= 4 is 13.2 Å². The van der Waals surface area contributed by atoms with Crippen LogP contribution in [-0.4, -0.2) is 24.5 Å². The van der Waals surface area contributed by atoms with Gasteiger partial charge in [-0.05, 0) is 18.1 Å². The maximum absolute atomic E-state index is 8.71. The van der Waals surface area contributed by atoms with Crippen LogP contribution in [0.4, 0.5) is 0 Å². The molecular formula is C9H13OP. The van der Waals surface area contributed by atoms with Crippen molar-refractivity contribution in [2.45, 2.75) is 0 Å². The molecule has 1 rings (SSSR count). The lowest BCUT2D eigenvalue weighted by Gasteiger charge is -2.09. The molecule has 60 valence electrons. The number of rotatable bonds is 3. The van der Waals surface area contributed by atoms with Crippen molar-refractivity contribution in [2.24, 2.45) is 0 Å². The number of hydrogen-bond acceptors (Lipinski definition) is 1. The molecule has 1 nitrogen and oxygen atoms in total. The zero-order chi connectivity index (χ0) is 8.10. The molecule has 1 aromatic carbocycles.